The van der Waals surface area contributed by atoms with Crippen molar-refractivity contribution in [2.24, 2.45) is 16.6 Å². The Morgan fingerprint density at radius 2 is 1.88 bits per heavy atom. The van der Waals surface area contributed by atoms with Gasteiger partial charge in [0.1, 0.15) is 27.6 Å². The molecule has 1 aliphatic heterocycles. The van der Waals surface area contributed by atoms with Crippen LogP contribution in [-0.4, -0.2) is 46.4 Å². The summed E-state index contributed by atoms with van der Waals surface area (Å²) in [4.78, 5) is 25.7. The normalized spacial score (nSPS) is 22.3. The molecule has 1 amide bonds. The summed E-state index contributed by atoms with van der Waals surface area (Å²) in [5, 5.41) is 2.65. The molecule has 0 aliphatic carbocycles. The monoisotopic (exact) mass is 598 g/mol. The summed E-state index contributed by atoms with van der Waals surface area (Å²) in [6.45, 7) is 5.46. The van der Waals surface area contributed by atoms with Crippen LogP contribution in [0.4, 0.5) is 14.5 Å². The summed E-state index contributed by atoms with van der Waals surface area (Å²) in [5.74, 6) is -2.31. The molecule has 42 heavy (non-hydrogen) atoms. The molecular formula is C30H36F2N6O3S. The van der Waals surface area contributed by atoms with Crippen LogP contribution < -0.4 is 11.1 Å². The maximum atomic E-state index is 15.8. The molecule has 224 valence electrons. The van der Waals surface area contributed by atoms with Crippen LogP contribution >= 0.6 is 0 Å². The van der Waals surface area contributed by atoms with Gasteiger partial charge >= 0.3 is 0 Å². The molecule has 1 aromatic carbocycles. The molecule has 3 atom stereocenters. The molecule has 0 saturated carbocycles. The highest BCUT2D eigenvalue weighted by Crippen LogP contribution is 2.53. The van der Waals surface area contributed by atoms with Crippen LogP contribution in [0, 0.1) is 17.6 Å². The van der Waals surface area contributed by atoms with Crippen molar-refractivity contribution in [3.05, 3.63) is 89.5 Å². The number of sulfonamides is 1. The van der Waals surface area contributed by atoms with Crippen LogP contribution in [0.15, 0.2) is 65.9 Å². The van der Waals surface area contributed by atoms with Crippen LogP contribution in [-0.2, 0) is 22.0 Å². The summed E-state index contributed by atoms with van der Waals surface area (Å²) in [5.41, 5.74) is 5.48. The SMILES string of the molecule is CCCC1(CC(CC)Cc2ccccn2)C(C)(c2cc(NC(=O)c3ccc(F)cn3)ccc2F)N=C(N)N(C)S1(=O)=O. The number of aromatic nitrogens is 2. The Kier molecular flexibility index (Phi) is 8.95. The summed E-state index contributed by atoms with van der Waals surface area (Å²) in [6.07, 6.45) is 4.62. The minimum atomic E-state index is -4.17. The molecule has 9 nitrogen and oxygen atoms in total. The van der Waals surface area contributed by atoms with Gasteiger partial charge in [0.15, 0.2) is 0 Å². The Balaban J connectivity index is 1.85. The number of anilines is 1. The van der Waals surface area contributed by atoms with E-state index in [-0.39, 0.29) is 41.7 Å². The van der Waals surface area contributed by atoms with E-state index < -0.39 is 37.9 Å². The number of rotatable bonds is 10. The number of nitrogens with two attached hydrogens (primary N) is 1. The molecule has 0 spiro atoms. The molecule has 3 N–H and O–H groups in total. The average Bonchev–Trinajstić information content (AvgIpc) is 2.96. The van der Waals surface area contributed by atoms with Gasteiger partial charge in [0.2, 0.25) is 16.0 Å². The molecule has 3 unspecified atom stereocenters. The number of carbonyl (C=O) groups excluding carboxylic acids is 1. The fraction of sp³-hybridized carbons (Fsp3) is 0.400. The van der Waals surface area contributed by atoms with E-state index in [0.29, 0.717) is 19.3 Å². The van der Waals surface area contributed by atoms with Crippen molar-refractivity contribution in [3.63, 3.8) is 0 Å². The third kappa shape index (κ3) is 5.59. The first-order chi connectivity index (χ1) is 19.9. The Labute approximate surface area is 245 Å². The fourth-order valence-corrected chi connectivity index (χ4v) is 8.23. The maximum absolute atomic E-state index is 15.8. The lowest BCUT2D eigenvalue weighted by atomic mass is 9.71. The molecular weight excluding hydrogens is 562 g/mol. The van der Waals surface area contributed by atoms with Crippen LogP contribution in [0.1, 0.15) is 68.2 Å². The standard InChI is InChI=1S/C30H36F2N6O3S/c1-5-14-30(18-20(6-2)16-22-9-7-8-15-34-22)29(3,37-28(33)38(4)42(30,40)41)24-17-23(11-12-25(24)32)36-27(39)26-13-10-21(31)19-35-26/h7-13,15,17,19-20H,5-6,14,16,18H2,1-4H3,(H2,33,37)(H,36,39). The first-order valence-corrected chi connectivity index (χ1v) is 15.3. The van der Waals surface area contributed by atoms with Gasteiger partial charge in [-0.1, -0.05) is 32.8 Å². The van der Waals surface area contributed by atoms with Crippen LogP contribution in [0.2, 0.25) is 0 Å². The third-order valence-corrected chi connectivity index (χ3v) is 10.8. The number of amides is 1. The molecule has 1 aliphatic rings. The van der Waals surface area contributed by atoms with Gasteiger partial charge in [0.05, 0.1) is 6.20 Å². The number of halogens is 2. The highest BCUT2D eigenvalue weighted by Gasteiger charge is 2.63. The van der Waals surface area contributed by atoms with Crippen LogP contribution in [0.25, 0.3) is 0 Å². The van der Waals surface area contributed by atoms with Crippen molar-refractivity contribution in [1.29, 1.82) is 0 Å². The Morgan fingerprint density at radius 3 is 2.50 bits per heavy atom. The van der Waals surface area contributed by atoms with E-state index in [9.17, 15) is 17.6 Å². The number of hydrogen-bond acceptors (Lipinski definition) is 7. The third-order valence-electron chi connectivity index (χ3n) is 8.18. The minimum absolute atomic E-state index is 0.0203. The van der Waals surface area contributed by atoms with Crippen LogP contribution in [0.5, 0.6) is 0 Å². The van der Waals surface area contributed by atoms with Crippen LogP contribution in [0.3, 0.4) is 0 Å². The van der Waals surface area contributed by atoms with Crippen molar-refractivity contribution in [3.8, 4) is 0 Å². The number of guanidine groups is 1. The lowest BCUT2D eigenvalue weighted by Crippen LogP contribution is -2.65. The smallest absolute Gasteiger partial charge is 0.274 e. The van der Waals surface area contributed by atoms with Crippen molar-refractivity contribution < 1.29 is 22.0 Å². The number of pyridine rings is 2. The molecule has 3 heterocycles. The Morgan fingerprint density at radius 1 is 1.12 bits per heavy atom. The van der Waals surface area contributed by atoms with E-state index in [1.807, 2.05) is 32.0 Å². The van der Waals surface area contributed by atoms with E-state index in [0.717, 1.165) is 28.3 Å². The number of benzene rings is 1. The van der Waals surface area contributed by atoms with Gasteiger partial charge in [-0.05, 0) is 74.6 Å². The Bertz CT molecular complexity index is 1570. The predicted octanol–water partition coefficient (Wildman–Crippen LogP) is 5.01. The van der Waals surface area contributed by atoms with Gasteiger partial charge in [-0.25, -0.2) is 31.5 Å². The number of carbonyl (C=O) groups is 1. The zero-order chi connectivity index (χ0) is 30.7. The summed E-state index contributed by atoms with van der Waals surface area (Å²) in [6, 6.07) is 11.8. The number of hydrogen-bond donors (Lipinski definition) is 2. The predicted molar refractivity (Wildman–Crippen MR) is 158 cm³/mol. The lowest BCUT2D eigenvalue weighted by Gasteiger charge is -2.52. The zero-order valence-electron chi connectivity index (χ0n) is 24.1. The molecule has 3 aromatic rings. The van der Waals surface area contributed by atoms with E-state index in [1.54, 1.807) is 13.1 Å². The van der Waals surface area contributed by atoms with Gasteiger partial charge in [-0.3, -0.25) is 9.78 Å². The van der Waals surface area contributed by atoms with Gasteiger partial charge in [-0.2, -0.15) is 0 Å². The maximum Gasteiger partial charge on any atom is 0.274 e. The molecule has 0 fully saturated rings. The van der Waals surface area contributed by atoms with E-state index >= 15 is 4.39 Å². The summed E-state index contributed by atoms with van der Waals surface area (Å²) < 4.78 is 57.4. The number of aliphatic imine (C=N–C) groups is 1. The Hall–Kier alpha value is -3.93. The molecule has 0 bridgehead atoms. The van der Waals surface area contributed by atoms with Crippen molar-refractivity contribution in [1.82, 2.24) is 14.3 Å². The first kappa shape index (κ1) is 31.0. The average molecular weight is 599 g/mol. The molecule has 2 aromatic heterocycles. The largest absolute Gasteiger partial charge is 0.369 e. The number of nitrogens with one attached hydrogen (secondary N) is 1. The highest BCUT2D eigenvalue weighted by atomic mass is 32.2. The summed E-state index contributed by atoms with van der Waals surface area (Å²) in [7, 11) is -2.81. The number of nitrogens with zero attached hydrogens (tertiary/aromatic N) is 4. The molecule has 12 heteroatoms. The highest BCUT2D eigenvalue weighted by molar-refractivity contribution is 7.91. The molecule has 0 radical (unpaired) electrons. The lowest BCUT2D eigenvalue weighted by molar-refractivity contribution is 0.102. The summed E-state index contributed by atoms with van der Waals surface area (Å²) >= 11 is 0. The van der Waals surface area contributed by atoms with Gasteiger partial charge in [-0.15, -0.1) is 0 Å². The topological polar surface area (TPSA) is 131 Å². The molecule has 4 rings (SSSR count). The zero-order valence-corrected chi connectivity index (χ0v) is 25.0. The minimum Gasteiger partial charge on any atom is -0.369 e. The first-order valence-electron chi connectivity index (χ1n) is 13.8. The quantitative estimate of drug-likeness (QED) is 0.337. The van der Waals surface area contributed by atoms with Crippen molar-refractivity contribution in [2.75, 3.05) is 12.4 Å². The van der Waals surface area contributed by atoms with Crippen molar-refractivity contribution >= 4 is 27.6 Å². The second-order valence-corrected chi connectivity index (χ2v) is 13.1. The van der Waals surface area contributed by atoms with Gasteiger partial charge in [0.25, 0.3) is 5.91 Å². The molecule has 0 saturated heterocycles. The second kappa shape index (κ2) is 12.1. The second-order valence-electron chi connectivity index (χ2n) is 10.8. The van der Waals surface area contributed by atoms with Gasteiger partial charge in [0, 0.05) is 30.2 Å². The van der Waals surface area contributed by atoms with Crippen molar-refractivity contribution in [2.45, 2.75) is 63.2 Å². The van der Waals surface area contributed by atoms with E-state index in [4.69, 9.17) is 10.7 Å². The van der Waals surface area contributed by atoms with E-state index in [1.165, 1.54) is 25.2 Å². The fourth-order valence-electron chi connectivity index (χ4n) is 5.85. The van der Waals surface area contributed by atoms with Gasteiger partial charge < -0.3 is 11.1 Å². The van der Waals surface area contributed by atoms with E-state index in [2.05, 4.69) is 15.3 Å².